The predicted octanol–water partition coefficient (Wildman–Crippen LogP) is 5.92. The number of halogens is 5. The van der Waals surface area contributed by atoms with E-state index in [1.165, 1.54) is 0 Å². The smallest absolute Gasteiger partial charge is 0.373 e. The Bertz CT molecular complexity index is 525. The van der Waals surface area contributed by atoms with E-state index in [-0.39, 0.29) is 0 Å². The van der Waals surface area contributed by atoms with E-state index >= 15 is 0 Å². The molecule has 12 heteroatoms. The number of alkyl halides is 5. The Kier molecular flexibility index (Phi) is 10.6. The van der Waals surface area contributed by atoms with Gasteiger partial charge in [0.1, 0.15) is 0 Å². The first kappa shape index (κ1) is 26.3. The van der Waals surface area contributed by atoms with E-state index in [0.717, 1.165) is 0 Å². The molecule has 0 aliphatic carbocycles. The third kappa shape index (κ3) is 8.98. The highest BCUT2D eigenvalue weighted by Gasteiger charge is 2.61. The molecule has 0 spiro atoms. The molecule has 6 nitrogen and oxygen atoms in total. The number of nitrogens with zero attached hydrogens (tertiary/aromatic N) is 3. The van der Waals surface area contributed by atoms with Crippen LogP contribution in [-0.2, 0) is 13.6 Å². The summed E-state index contributed by atoms with van der Waals surface area (Å²) in [7, 11) is -4.26. The number of oxime groups is 3. The van der Waals surface area contributed by atoms with Gasteiger partial charge in [0.15, 0.2) is 0 Å². The topological polar surface area (TPSA) is 64.8 Å². The molecule has 0 fully saturated rings. The Morgan fingerprint density at radius 1 is 0.714 bits per heavy atom. The van der Waals surface area contributed by atoms with Gasteiger partial charge in [0.25, 0.3) is 0 Å². The Morgan fingerprint density at radius 2 is 1.04 bits per heavy atom. The fourth-order valence-corrected chi connectivity index (χ4v) is 3.15. The minimum absolute atomic E-state index is 0.470. The summed E-state index contributed by atoms with van der Waals surface area (Å²) in [4.78, 5) is 0. The molecule has 0 aromatic rings. The van der Waals surface area contributed by atoms with Gasteiger partial charge in [-0.25, -0.2) is 0 Å². The summed E-state index contributed by atoms with van der Waals surface area (Å²) < 4.78 is 80.4. The second-order valence-electron chi connectivity index (χ2n) is 6.20. The minimum atomic E-state index is -5.71. The average molecular weight is 433 g/mol. The van der Waals surface area contributed by atoms with E-state index in [1.54, 1.807) is 41.5 Å². The molecule has 0 saturated carbocycles. The molecule has 0 saturated heterocycles. The highest BCUT2D eigenvalue weighted by atomic mass is 28.4. The zero-order valence-electron chi connectivity index (χ0n) is 17.0. The molecule has 0 rings (SSSR count). The first-order chi connectivity index (χ1) is 12.8. The van der Waals surface area contributed by atoms with E-state index < -0.39 is 33.4 Å². The van der Waals surface area contributed by atoms with Crippen molar-refractivity contribution in [2.45, 2.75) is 85.4 Å². The number of rotatable bonds is 12. The lowest BCUT2D eigenvalue weighted by Crippen LogP contribution is -2.46. The summed E-state index contributed by atoms with van der Waals surface area (Å²) in [5.74, 6) is -4.95. The molecular weight excluding hydrogens is 405 g/mol. The van der Waals surface area contributed by atoms with Crippen LogP contribution < -0.4 is 0 Å². The van der Waals surface area contributed by atoms with E-state index in [0.29, 0.717) is 36.4 Å². The van der Waals surface area contributed by atoms with Crippen LogP contribution in [0.1, 0.15) is 67.2 Å². The van der Waals surface area contributed by atoms with Crippen molar-refractivity contribution in [2.24, 2.45) is 15.5 Å². The molecule has 0 aromatic carbocycles. The molecule has 0 amide bonds. The van der Waals surface area contributed by atoms with Gasteiger partial charge in [-0.1, -0.05) is 20.8 Å². The summed E-state index contributed by atoms with van der Waals surface area (Å²) in [5, 5.41) is 11.2. The fraction of sp³-hybridized carbons (Fsp3) is 0.812. The second kappa shape index (κ2) is 11.3. The van der Waals surface area contributed by atoms with Crippen LogP contribution in [0.4, 0.5) is 22.0 Å². The average Bonchev–Trinajstić information content (AvgIpc) is 2.64. The molecule has 0 bridgehead atoms. The lowest BCUT2D eigenvalue weighted by atomic mass is 10.2. The molecular formula is C16H28F5N3O3Si. The van der Waals surface area contributed by atoms with Gasteiger partial charge in [-0.15, -0.1) is 15.5 Å². The van der Waals surface area contributed by atoms with Gasteiger partial charge >= 0.3 is 20.9 Å². The minimum Gasteiger partial charge on any atom is -0.373 e. The van der Waals surface area contributed by atoms with Crippen LogP contribution in [0.5, 0.6) is 0 Å². The molecule has 0 unspecified atom stereocenters. The monoisotopic (exact) mass is 433 g/mol. The van der Waals surface area contributed by atoms with Gasteiger partial charge in [0.2, 0.25) is 0 Å². The molecule has 0 aliphatic heterocycles. The molecule has 0 aliphatic rings. The van der Waals surface area contributed by atoms with E-state index in [1.807, 2.05) is 0 Å². The molecule has 0 heterocycles. The highest BCUT2D eigenvalue weighted by Crippen LogP contribution is 2.40. The summed E-state index contributed by atoms with van der Waals surface area (Å²) in [6, 6.07) is -0.888. The quantitative estimate of drug-likeness (QED) is 0.166. The lowest BCUT2D eigenvalue weighted by Gasteiger charge is -2.25. The van der Waals surface area contributed by atoms with Crippen LogP contribution in [0.2, 0.25) is 6.04 Å². The summed E-state index contributed by atoms with van der Waals surface area (Å²) >= 11 is 0. The van der Waals surface area contributed by atoms with Gasteiger partial charge in [-0.3, -0.25) is 0 Å². The van der Waals surface area contributed by atoms with Gasteiger partial charge < -0.3 is 13.6 Å². The van der Waals surface area contributed by atoms with Crippen LogP contribution in [0.25, 0.3) is 0 Å². The van der Waals surface area contributed by atoms with E-state index in [9.17, 15) is 22.0 Å². The maximum Gasteiger partial charge on any atom is 0.762 e. The van der Waals surface area contributed by atoms with Crippen LogP contribution in [0, 0.1) is 0 Å². The van der Waals surface area contributed by atoms with E-state index in [2.05, 4.69) is 15.5 Å². The van der Waals surface area contributed by atoms with Gasteiger partial charge in [0.05, 0.1) is 23.2 Å². The largest absolute Gasteiger partial charge is 0.762 e. The van der Waals surface area contributed by atoms with Crippen LogP contribution in [0.15, 0.2) is 15.5 Å². The number of hydrogen-bond acceptors (Lipinski definition) is 6. The maximum atomic E-state index is 13.5. The van der Waals surface area contributed by atoms with Crippen molar-refractivity contribution in [1.29, 1.82) is 0 Å². The van der Waals surface area contributed by atoms with Crippen molar-refractivity contribution in [3.05, 3.63) is 0 Å². The van der Waals surface area contributed by atoms with E-state index in [4.69, 9.17) is 13.6 Å². The van der Waals surface area contributed by atoms with Gasteiger partial charge in [0, 0.05) is 6.42 Å². The zero-order chi connectivity index (χ0) is 22.0. The van der Waals surface area contributed by atoms with Crippen LogP contribution in [-0.4, -0.2) is 38.0 Å². The van der Waals surface area contributed by atoms with Crippen molar-refractivity contribution in [1.82, 2.24) is 0 Å². The number of hydrogen-bond donors (Lipinski definition) is 0. The van der Waals surface area contributed by atoms with Crippen LogP contribution in [0.3, 0.4) is 0 Å². The normalized spacial score (nSPS) is 16.6. The SMILES string of the molecule is CCC(C)=NO[Si](CCC(F)(F)C(F)(F)F)(ON=C(C)CC)ON=C(C)CC. The molecule has 0 aromatic heterocycles. The standard InChI is InChI=1S/C16H28F5N3O3Si/c1-7-12(4)22-25-28(26-23-13(5)8-2,27-24-14(6)9-3)11-10-15(17,18)16(19,20)21/h7-11H2,1-6H3. The van der Waals surface area contributed by atoms with Crippen molar-refractivity contribution < 1.29 is 35.5 Å². The van der Waals surface area contributed by atoms with Crippen molar-refractivity contribution in [3.63, 3.8) is 0 Å². The Balaban J connectivity index is 5.90. The van der Waals surface area contributed by atoms with Gasteiger partial charge in [-0.2, -0.15) is 22.0 Å². The summed E-state index contributed by atoms with van der Waals surface area (Å²) in [6.45, 7) is 10.1. The first-order valence-corrected chi connectivity index (χ1v) is 10.8. The second-order valence-corrected chi connectivity index (χ2v) is 8.61. The molecule has 0 atom stereocenters. The third-order valence-electron chi connectivity index (χ3n) is 3.72. The van der Waals surface area contributed by atoms with Crippen molar-refractivity contribution in [3.8, 4) is 0 Å². The summed E-state index contributed by atoms with van der Waals surface area (Å²) in [5.41, 5.74) is 1.41. The molecule has 28 heavy (non-hydrogen) atoms. The molecule has 0 radical (unpaired) electrons. The van der Waals surface area contributed by atoms with Gasteiger partial charge in [-0.05, 0) is 40.0 Å². The summed E-state index contributed by atoms with van der Waals surface area (Å²) in [6.07, 6.45) is -5.90. The Labute approximate surface area is 163 Å². The van der Waals surface area contributed by atoms with Crippen molar-refractivity contribution in [2.75, 3.05) is 0 Å². The highest BCUT2D eigenvalue weighted by molar-refractivity contribution is 6.60. The zero-order valence-corrected chi connectivity index (χ0v) is 18.0. The first-order valence-electron chi connectivity index (χ1n) is 8.91. The lowest BCUT2D eigenvalue weighted by molar-refractivity contribution is -0.283. The Hall–Kier alpha value is -1.72. The van der Waals surface area contributed by atoms with Crippen LogP contribution >= 0.6 is 0 Å². The maximum absolute atomic E-state index is 13.5. The third-order valence-corrected chi connectivity index (χ3v) is 5.69. The molecule has 0 N–H and O–H groups in total. The predicted molar refractivity (Wildman–Crippen MR) is 99.6 cm³/mol. The van der Waals surface area contributed by atoms with Crippen molar-refractivity contribution >= 4 is 25.9 Å². The molecule has 164 valence electrons. The Morgan fingerprint density at radius 3 is 1.29 bits per heavy atom. The fourth-order valence-electron chi connectivity index (χ4n) is 1.27.